The maximum Gasteiger partial charge on any atom is 0.416 e. The van der Waals surface area contributed by atoms with Gasteiger partial charge in [0.05, 0.1) is 27.5 Å². The van der Waals surface area contributed by atoms with Gasteiger partial charge >= 0.3 is 12.4 Å². The predicted molar refractivity (Wildman–Crippen MR) is 130 cm³/mol. The molecular formula is C24H10Cl4F6N2O2. The molecule has 0 aliphatic carbocycles. The summed E-state index contributed by atoms with van der Waals surface area (Å²) in [6.07, 6.45) is -9.26. The van der Waals surface area contributed by atoms with Crippen molar-refractivity contribution in [3.63, 3.8) is 0 Å². The third-order valence-corrected chi connectivity index (χ3v) is 6.91. The number of aromatic nitrogens is 2. The van der Waals surface area contributed by atoms with E-state index in [2.05, 4.69) is 4.98 Å². The number of nitrogens with zero attached hydrogens (tertiary/aromatic N) is 1. The van der Waals surface area contributed by atoms with Crippen molar-refractivity contribution in [3.8, 4) is 5.69 Å². The molecule has 38 heavy (non-hydrogen) atoms. The highest BCUT2D eigenvalue weighted by atomic mass is 35.5. The van der Waals surface area contributed by atoms with Crippen LogP contribution in [0.15, 0.2) is 54.6 Å². The first-order chi connectivity index (χ1) is 17.6. The molecule has 0 spiro atoms. The van der Waals surface area contributed by atoms with Crippen LogP contribution in [0.4, 0.5) is 26.3 Å². The lowest BCUT2D eigenvalue weighted by molar-refractivity contribution is -0.138. The molecule has 0 fully saturated rings. The van der Waals surface area contributed by atoms with Crippen LogP contribution in [0, 0.1) is 0 Å². The molecule has 14 heteroatoms. The molecule has 0 saturated carbocycles. The highest BCUT2D eigenvalue weighted by Gasteiger charge is 2.33. The van der Waals surface area contributed by atoms with Crippen LogP contribution in [-0.4, -0.2) is 21.1 Å². The Labute approximate surface area is 229 Å². The second-order valence-corrected chi connectivity index (χ2v) is 9.31. The molecule has 0 radical (unpaired) electrons. The van der Waals surface area contributed by atoms with E-state index in [0.717, 1.165) is 34.9 Å². The fourth-order valence-electron chi connectivity index (χ4n) is 3.57. The molecule has 2 aromatic carbocycles. The van der Waals surface area contributed by atoms with Gasteiger partial charge in [0, 0.05) is 11.1 Å². The van der Waals surface area contributed by atoms with Crippen LogP contribution in [0.1, 0.15) is 43.2 Å². The van der Waals surface area contributed by atoms with Gasteiger partial charge in [-0.1, -0.05) is 70.7 Å². The van der Waals surface area contributed by atoms with E-state index in [4.69, 9.17) is 46.4 Å². The first-order valence-corrected chi connectivity index (χ1v) is 11.7. The smallest absolute Gasteiger partial charge is 0.340 e. The molecule has 0 aliphatic rings. The molecule has 0 unspecified atom stereocenters. The summed E-state index contributed by atoms with van der Waals surface area (Å²) in [5, 5.41) is -0.993. The molecule has 198 valence electrons. The lowest BCUT2D eigenvalue weighted by atomic mass is 10.0. The number of alkyl halides is 6. The van der Waals surface area contributed by atoms with Gasteiger partial charge in [-0.3, -0.25) is 14.2 Å². The summed E-state index contributed by atoms with van der Waals surface area (Å²) in [5.74, 6) is -1.68. The molecule has 0 amide bonds. The molecule has 0 aliphatic heterocycles. The predicted octanol–water partition coefficient (Wildman–Crippen LogP) is 8.92. The van der Waals surface area contributed by atoms with E-state index >= 15 is 0 Å². The second-order valence-electron chi connectivity index (χ2n) is 7.79. The number of nitrogens with one attached hydrogen (secondary N) is 1. The van der Waals surface area contributed by atoms with Crippen LogP contribution in [0.5, 0.6) is 0 Å². The normalized spacial score (nSPS) is 12.2. The zero-order valence-electron chi connectivity index (χ0n) is 18.2. The average Bonchev–Trinajstić information content (AvgIpc) is 3.31. The number of ketones is 2. The van der Waals surface area contributed by atoms with E-state index in [1.807, 2.05) is 0 Å². The Morgan fingerprint density at radius 1 is 0.711 bits per heavy atom. The van der Waals surface area contributed by atoms with Gasteiger partial charge in [-0.25, -0.2) is 0 Å². The van der Waals surface area contributed by atoms with Crippen molar-refractivity contribution >= 4 is 58.0 Å². The van der Waals surface area contributed by atoms with Crippen molar-refractivity contribution in [3.05, 3.63) is 109 Å². The number of carbonyl (C=O) groups excluding carboxylic acids is 2. The Kier molecular flexibility index (Phi) is 7.39. The van der Waals surface area contributed by atoms with Crippen molar-refractivity contribution in [2.24, 2.45) is 0 Å². The molecule has 4 nitrogen and oxygen atoms in total. The topological polar surface area (TPSA) is 54.9 Å². The third kappa shape index (κ3) is 5.18. The van der Waals surface area contributed by atoms with Crippen LogP contribution in [0.2, 0.25) is 20.4 Å². The van der Waals surface area contributed by atoms with Crippen LogP contribution in [0.25, 0.3) is 5.69 Å². The molecule has 4 aromatic rings. The van der Waals surface area contributed by atoms with E-state index in [0.29, 0.717) is 24.3 Å². The molecule has 0 atom stereocenters. The third-order valence-electron chi connectivity index (χ3n) is 5.40. The summed E-state index contributed by atoms with van der Waals surface area (Å²) < 4.78 is 78.6. The van der Waals surface area contributed by atoms with Gasteiger partial charge in [0.15, 0.2) is 0 Å². The molecule has 0 saturated heterocycles. The van der Waals surface area contributed by atoms with Gasteiger partial charge in [0.25, 0.3) is 0 Å². The van der Waals surface area contributed by atoms with E-state index in [9.17, 15) is 35.9 Å². The highest BCUT2D eigenvalue weighted by Crippen LogP contribution is 2.40. The zero-order chi connectivity index (χ0) is 28.2. The average molecular weight is 614 g/mol. The lowest BCUT2D eigenvalue weighted by Crippen LogP contribution is -2.13. The van der Waals surface area contributed by atoms with Gasteiger partial charge < -0.3 is 4.98 Å². The van der Waals surface area contributed by atoms with Crippen molar-refractivity contribution < 1.29 is 35.9 Å². The monoisotopic (exact) mass is 612 g/mol. The Morgan fingerprint density at radius 2 is 1.16 bits per heavy atom. The van der Waals surface area contributed by atoms with Gasteiger partial charge in [-0.05, 0) is 30.3 Å². The lowest BCUT2D eigenvalue weighted by Gasteiger charge is -2.13. The summed E-state index contributed by atoms with van der Waals surface area (Å²) in [6, 6.07) is 7.73. The molecule has 1 N–H and O–H groups in total. The minimum absolute atomic E-state index is 0.164. The van der Waals surface area contributed by atoms with Gasteiger partial charge in [0.1, 0.15) is 21.0 Å². The SMILES string of the molecule is O=C(c1ccc(C(F)(F)F)cc1)c1[nH]c(Cl)c(Cl)c1-n1c(C(=O)c2ccc(C(F)(F)F)cc2)cc(Cl)c1Cl. The number of rotatable bonds is 5. The van der Waals surface area contributed by atoms with Gasteiger partial charge in [-0.2, -0.15) is 26.3 Å². The quantitative estimate of drug-likeness (QED) is 0.180. The number of aromatic amines is 1. The summed E-state index contributed by atoms with van der Waals surface area (Å²) in [7, 11) is 0. The van der Waals surface area contributed by atoms with Crippen molar-refractivity contribution in [2.75, 3.05) is 0 Å². The number of benzene rings is 2. The number of hydrogen-bond donors (Lipinski definition) is 1. The van der Waals surface area contributed by atoms with E-state index < -0.39 is 35.0 Å². The van der Waals surface area contributed by atoms with Crippen LogP contribution < -0.4 is 0 Å². The summed E-state index contributed by atoms with van der Waals surface area (Å²) in [6.45, 7) is 0. The molecule has 2 aromatic heterocycles. The van der Waals surface area contributed by atoms with Crippen molar-refractivity contribution in [2.45, 2.75) is 12.4 Å². The zero-order valence-corrected chi connectivity index (χ0v) is 21.3. The van der Waals surface area contributed by atoms with E-state index in [1.165, 1.54) is 0 Å². The molecule has 4 rings (SSSR count). The van der Waals surface area contributed by atoms with Crippen LogP contribution in [0.3, 0.4) is 0 Å². The van der Waals surface area contributed by atoms with Crippen molar-refractivity contribution in [1.82, 2.24) is 9.55 Å². The highest BCUT2D eigenvalue weighted by molar-refractivity contribution is 6.45. The summed E-state index contributed by atoms with van der Waals surface area (Å²) >= 11 is 24.9. The number of halogens is 10. The standard InChI is InChI=1S/C24H10Cl4F6N2O2/c25-14-9-15(19(37)10-1-5-12(6-2-10)23(29,30)31)36(22(14)28)18-16(26)21(27)35-17(18)20(38)11-3-7-13(8-4-11)24(32,33)34/h1-9,35H. The maximum absolute atomic E-state index is 13.3. The fraction of sp³-hybridized carbons (Fsp3) is 0.0833. The van der Waals surface area contributed by atoms with Crippen LogP contribution >= 0.6 is 46.4 Å². The van der Waals surface area contributed by atoms with Crippen molar-refractivity contribution in [1.29, 1.82) is 0 Å². The first-order valence-electron chi connectivity index (χ1n) is 10.2. The second kappa shape index (κ2) is 10.00. The number of hydrogen-bond acceptors (Lipinski definition) is 2. The Bertz CT molecular complexity index is 1440. The molecule has 2 heterocycles. The summed E-state index contributed by atoms with van der Waals surface area (Å²) in [5.41, 5.74) is -3.17. The van der Waals surface area contributed by atoms with E-state index in [-0.39, 0.29) is 48.6 Å². The van der Waals surface area contributed by atoms with Gasteiger partial charge in [0.2, 0.25) is 11.6 Å². The minimum atomic E-state index is -4.63. The molecular weight excluding hydrogens is 604 g/mol. The number of H-pyrrole nitrogens is 1. The van der Waals surface area contributed by atoms with E-state index in [1.54, 1.807) is 0 Å². The minimum Gasteiger partial charge on any atom is -0.340 e. The summed E-state index contributed by atoms with van der Waals surface area (Å²) in [4.78, 5) is 29.1. The molecule has 0 bridgehead atoms. The maximum atomic E-state index is 13.3. The number of carbonyl (C=O) groups is 2. The fourth-order valence-corrected chi connectivity index (χ4v) is 4.40. The Balaban J connectivity index is 1.83. The first kappa shape index (κ1) is 28.1. The Morgan fingerprint density at radius 3 is 1.61 bits per heavy atom. The Hall–Kier alpha value is -2.92. The van der Waals surface area contributed by atoms with Gasteiger partial charge in [-0.15, -0.1) is 0 Å². The van der Waals surface area contributed by atoms with Crippen LogP contribution in [-0.2, 0) is 12.4 Å². The largest absolute Gasteiger partial charge is 0.416 e.